The summed E-state index contributed by atoms with van der Waals surface area (Å²) in [6.45, 7) is 7.76. The van der Waals surface area contributed by atoms with Gasteiger partial charge in [0, 0.05) is 19.1 Å². The standard InChI is InChI=1S/C19H24N2/c1-3-21(17-13-20-14-17)19(16-10-5-4-6-11-16)18-12-8-7-9-15(18)2/h4-12,17,19-20H,3,13-14H2,1-2H3. The Bertz CT molecular complexity index is 575. The number of aryl methyl sites for hydroxylation is 1. The molecule has 2 aromatic rings. The van der Waals surface area contributed by atoms with E-state index in [2.05, 4.69) is 78.7 Å². The molecule has 0 amide bonds. The van der Waals surface area contributed by atoms with Gasteiger partial charge in [-0.3, -0.25) is 4.90 Å². The minimum Gasteiger partial charge on any atom is -0.314 e. The lowest BCUT2D eigenvalue weighted by atomic mass is 9.91. The molecule has 1 heterocycles. The smallest absolute Gasteiger partial charge is 0.0607 e. The topological polar surface area (TPSA) is 15.3 Å². The van der Waals surface area contributed by atoms with Gasteiger partial charge in [-0.2, -0.15) is 0 Å². The van der Waals surface area contributed by atoms with Crippen LogP contribution in [0.3, 0.4) is 0 Å². The normalized spacial score (nSPS) is 16.7. The van der Waals surface area contributed by atoms with E-state index in [4.69, 9.17) is 0 Å². The highest BCUT2D eigenvalue weighted by Gasteiger charge is 2.31. The summed E-state index contributed by atoms with van der Waals surface area (Å²) >= 11 is 0. The van der Waals surface area contributed by atoms with Gasteiger partial charge in [-0.25, -0.2) is 0 Å². The van der Waals surface area contributed by atoms with E-state index in [0.717, 1.165) is 19.6 Å². The van der Waals surface area contributed by atoms with Crippen molar-refractivity contribution in [2.45, 2.75) is 25.9 Å². The lowest BCUT2D eigenvalue weighted by molar-refractivity contribution is 0.119. The Morgan fingerprint density at radius 2 is 1.71 bits per heavy atom. The molecule has 1 fully saturated rings. The molecule has 21 heavy (non-hydrogen) atoms. The van der Waals surface area contributed by atoms with Crippen molar-refractivity contribution < 1.29 is 0 Å². The Labute approximate surface area is 127 Å². The maximum atomic E-state index is 3.41. The minimum atomic E-state index is 0.351. The van der Waals surface area contributed by atoms with Crippen LogP contribution in [-0.4, -0.2) is 30.6 Å². The zero-order valence-corrected chi connectivity index (χ0v) is 12.9. The summed E-state index contributed by atoms with van der Waals surface area (Å²) in [5.41, 5.74) is 4.19. The van der Waals surface area contributed by atoms with Gasteiger partial charge in [0.1, 0.15) is 0 Å². The highest BCUT2D eigenvalue weighted by atomic mass is 15.3. The number of hydrogen-bond donors (Lipinski definition) is 1. The number of likely N-dealkylation sites (N-methyl/N-ethyl adjacent to an activating group) is 1. The summed E-state index contributed by atoms with van der Waals surface area (Å²) in [6, 6.07) is 20.7. The summed E-state index contributed by atoms with van der Waals surface area (Å²) in [4.78, 5) is 2.63. The molecule has 1 unspecified atom stereocenters. The first kappa shape index (κ1) is 14.3. The zero-order valence-electron chi connectivity index (χ0n) is 12.9. The molecule has 0 bridgehead atoms. The summed E-state index contributed by atoms with van der Waals surface area (Å²) in [6.07, 6.45) is 0. The fourth-order valence-corrected chi connectivity index (χ4v) is 3.24. The molecular formula is C19H24N2. The Hall–Kier alpha value is -1.64. The molecule has 0 aliphatic carbocycles. The molecule has 0 radical (unpaired) electrons. The van der Waals surface area contributed by atoms with Gasteiger partial charge in [0.2, 0.25) is 0 Å². The molecule has 1 saturated heterocycles. The Morgan fingerprint density at radius 3 is 2.29 bits per heavy atom. The maximum Gasteiger partial charge on any atom is 0.0607 e. The molecule has 2 nitrogen and oxygen atoms in total. The van der Waals surface area contributed by atoms with E-state index in [1.807, 2.05) is 0 Å². The second-order valence-corrected chi connectivity index (χ2v) is 5.81. The van der Waals surface area contributed by atoms with E-state index in [0.29, 0.717) is 12.1 Å². The van der Waals surface area contributed by atoms with Gasteiger partial charge in [-0.15, -0.1) is 0 Å². The average molecular weight is 280 g/mol. The molecule has 1 aliphatic heterocycles. The van der Waals surface area contributed by atoms with Crippen LogP contribution in [0.4, 0.5) is 0 Å². The van der Waals surface area contributed by atoms with Crippen LogP contribution in [0.5, 0.6) is 0 Å². The monoisotopic (exact) mass is 280 g/mol. The van der Waals surface area contributed by atoms with Crippen LogP contribution >= 0.6 is 0 Å². The van der Waals surface area contributed by atoms with E-state index in [1.165, 1.54) is 16.7 Å². The van der Waals surface area contributed by atoms with Gasteiger partial charge in [-0.1, -0.05) is 61.5 Å². The third-order valence-corrected chi connectivity index (χ3v) is 4.52. The molecule has 2 aromatic carbocycles. The Balaban J connectivity index is 2.04. The van der Waals surface area contributed by atoms with E-state index < -0.39 is 0 Å². The highest BCUT2D eigenvalue weighted by Crippen LogP contribution is 2.32. The number of nitrogens with zero attached hydrogens (tertiary/aromatic N) is 1. The van der Waals surface area contributed by atoms with Gasteiger partial charge in [0.05, 0.1) is 6.04 Å². The van der Waals surface area contributed by atoms with Crippen molar-refractivity contribution in [1.29, 1.82) is 0 Å². The van der Waals surface area contributed by atoms with Gasteiger partial charge >= 0.3 is 0 Å². The number of nitrogens with one attached hydrogen (secondary N) is 1. The zero-order chi connectivity index (χ0) is 14.7. The molecule has 1 aliphatic rings. The summed E-state index contributed by atoms with van der Waals surface area (Å²) in [5, 5.41) is 3.41. The molecular weight excluding hydrogens is 256 g/mol. The predicted molar refractivity (Wildman–Crippen MR) is 88.5 cm³/mol. The van der Waals surface area contributed by atoms with Crippen LogP contribution in [-0.2, 0) is 0 Å². The van der Waals surface area contributed by atoms with E-state index in [1.54, 1.807) is 0 Å². The van der Waals surface area contributed by atoms with Crippen LogP contribution in [0, 0.1) is 6.92 Å². The molecule has 0 saturated carbocycles. The highest BCUT2D eigenvalue weighted by molar-refractivity contribution is 5.37. The lowest BCUT2D eigenvalue weighted by Crippen LogP contribution is -2.58. The Kier molecular flexibility index (Phi) is 4.37. The molecule has 3 rings (SSSR count). The van der Waals surface area contributed by atoms with E-state index in [-0.39, 0.29) is 0 Å². The van der Waals surface area contributed by atoms with Crippen LogP contribution < -0.4 is 5.32 Å². The second kappa shape index (κ2) is 6.42. The molecule has 0 spiro atoms. The van der Waals surface area contributed by atoms with Gasteiger partial charge < -0.3 is 5.32 Å². The average Bonchev–Trinajstić information content (AvgIpc) is 2.47. The molecule has 1 atom stereocenters. The molecule has 1 N–H and O–H groups in total. The van der Waals surface area contributed by atoms with Crippen molar-refractivity contribution in [2.75, 3.05) is 19.6 Å². The fourth-order valence-electron chi connectivity index (χ4n) is 3.24. The van der Waals surface area contributed by atoms with Gasteiger partial charge in [0.15, 0.2) is 0 Å². The van der Waals surface area contributed by atoms with Gasteiger partial charge in [0.25, 0.3) is 0 Å². The summed E-state index contributed by atoms with van der Waals surface area (Å²) in [7, 11) is 0. The van der Waals surface area contributed by atoms with Crippen molar-refractivity contribution in [3.8, 4) is 0 Å². The van der Waals surface area contributed by atoms with Crippen molar-refractivity contribution in [3.05, 3.63) is 71.3 Å². The van der Waals surface area contributed by atoms with Crippen molar-refractivity contribution in [3.63, 3.8) is 0 Å². The number of hydrogen-bond acceptors (Lipinski definition) is 2. The van der Waals surface area contributed by atoms with Crippen LogP contribution in [0.25, 0.3) is 0 Å². The van der Waals surface area contributed by atoms with Crippen LogP contribution in [0.2, 0.25) is 0 Å². The quantitative estimate of drug-likeness (QED) is 0.903. The van der Waals surface area contributed by atoms with Gasteiger partial charge in [-0.05, 0) is 30.2 Å². The van der Waals surface area contributed by atoms with E-state index in [9.17, 15) is 0 Å². The molecule has 2 heteroatoms. The largest absolute Gasteiger partial charge is 0.314 e. The fraction of sp³-hybridized carbons (Fsp3) is 0.368. The van der Waals surface area contributed by atoms with Crippen molar-refractivity contribution >= 4 is 0 Å². The third-order valence-electron chi connectivity index (χ3n) is 4.52. The Morgan fingerprint density at radius 1 is 1.05 bits per heavy atom. The van der Waals surface area contributed by atoms with Crippen LogP contribution in [0.15, 0.2) is 54.6 Å². The van der Waals surface area contributed by atoms with Crippen molar-refractivity contribution in [2.24, 2.45) is 0 Å². The SMILES string of the molecule is CCN(C1CNC1)C(c1ccccc1)c1ccccc1C. The third kappa shape index (κ3) is 2.87. The maximum absolute atomic E-state index is 3.41. The van der Waals surface area contributed by atoms with Crippen LogP contribution in [0.1, 0.15) is 29.7 Å². The summed E-state index contributed by atoms with van der Waals surface area (Å²) < 4.78 is 0. The number of benzene rings is 2. The first-order valence-electron chi connectivity index (χ1n) is 7.88. The predicted octanol–water partition coefficient (Wildman–Crippen LogP) is 3.38. The first-order chi connectivity index (χ1) is 10.3. The molecule has 0 aromatic heterocycles. The van der Waals surface area contributed by atoms with Crippen molar-refractivity contribution in [1.82, 2.24) is 10.2 Å². The second-order valence-electron chi connectivity index (χ2n) is 5.81. The summed E-state index contributed by atoms with van der Waals surface area (Å²) in [5.74, 6) is 0. The van der Waals surface area contributed by atoms with E-state index >= 15 is 0 Å². The first-order valence-corrected chi connectivity index (χ1v) is 7.88. The lowest BCUT2D eigenvalue weighted by Gasteiger charge is -2.43. The molecule has 110 valence electrons. The number of rotatable bonds is 5. The minimum absolute atomic E-state index is 0.351.